The van der Waals surface area contributed by atoms with Gasteiger partial charge in [0.1, 0.15) is 17.5 Å². The van der Waals surface area contributed by atoms with Gasteiger partial charge in [0, 0.05) is 22.5 Å². The highest BCUT2D eigenvalue weighted by molar-refractivity contribution is 6.74. The van der Waals surface area contributed by atoms with Gasteiger partial charge in [-0.2, -0.15) is 0 Å². The molecule has 0 saturated heterocycles. The first kappa shape index (κ1) is 32.9. The summed E-state index contributed by atoms with van der Waals surface area (Å²) in [5.74, 6) is 0.941. The van der Waals surface area contributed by atoms with E-state index in [4.69, 9.17) is 18.9 Å². The van der Waals surface area contributed by atoms with Crippen LogP contribution in [0.25, 0.3) is 5.57 Å². The van der Waals surface area contributed by atoms with Crippen LogP contribution < -0.4 is 4.74 Å². The predicted octanol–water partition coefficient (Wildman–Crippen LogP) is 9.30. The molecule has 2 atom stereocenters. The van der Waals surface area contributed by atoms with Crippen molar-refractivity contribution >= 4 is 13.9 Å². The Morgan fingerprint density at radius 1 is 1.05 bits per heavy atom. The number of hydrogen-bond acceptors (Lipinski definition) is 5. The predicted molar refractivity (Wildman–Crippen MR) is 176 cm³/mol. The number of aliphatic hydroxyl groups excluding tert-OH is 1. The largest absolute Gasteiger partial charge is 0.488 e. The molecule has 5 nitrogen and oxygen atoms in total. The molecule has 0 bridgehead atoms. The van der Waals surface area contributed by atoms with Gasteiger partial charge in [-0.3, -0.25) is 4.98 Å². The minimum Gasteiger partial charge on any atom is -0.488 e. The molecule has 0 spiro atoms. The molecule has 2 aliphatic rings. The van der Waals surface area contributed by atoms with E-state index in [0.717, 1.165) is 53.1 Å². The number of rotatable bonds is 7. The summed E-state index contributed by atoms with van der Waals surface area (Å²) in [5, 5.41) is 12.3. The zero-order valence-electron chi connectivity index (χ0n) is 28.3. The third-order valence-electron chi connectivity index (χ3n) is 9.05. The number of benzene rings is 1. The normalized spacial score (nSPS) is 20.2. The molecule has 0 fully saturated rings. The van der Waals surface area contributed by atoms with Gasteiger partial charge in [0.2, 0.25) is 0 Å². The highest BCUT2D eigenvalue weighted by Crippen LogP contribution is 2.51. The average molecular weight is 594 g/mol. The summed E-state index contributed by atoms with van der Waals surface area (Å²) in [7, 11) is -2.11. The van der Waals surface area contributed by atoms with Crippen LogP contribution in [0.3, 0.4) is 0 Å². The number of nitrogens with zero attached hydrogens (tertiary/aromatic N) is 1. The van der Waals surface area contributed by atoms with Crippen molar-refractivity contribution in [1.29, 1.82) is 0 Å². The van der Waals surface area contributed by atoms with Crippen LogP contribution in [-0.2, 0) is 15.6 Å². The van der Waals surface area contributed by atoms with Gasteiger partial charge in [0.15, 0.2) is 8.32 Å². The minimum atomic E-state index is -2.11. The molecule has 2 heterocycles. The van der Waals surface area contributed by atoms with Crippen molar-refractivity contribution in [3.8, 4) is 5.75 Å². The second-order valence-corrected chi connectivity index (χ2v) is 20.7. The molecule has 1 unspecified atom stereocenters. The maximum Gasteiger partial charge on any atom is 0.192 e. The molecule has 0 saturated carbocycles. The number of aromatic nitrogens is 1. The quantitative estimate of drug-likeness (QED) is 0.324. The molecule has 6 heteroatoms. The molecule has 0 amide bonds. The standard InChI is InChI=1S/C36H55NO4Si/c1-23(2)32-31(33(38)25-13-15-26(16-14-25)40-34(3,4)5)29(24-17-19-39-20-18-24)30-27(37-32)21-36(9,10)22-28(30)41-42(11,12)35(6,7)8/h13-17,23,28,33,38H,18-22H2,1-12H3/t28-,33?/m0/s1. The van der Waals surface area contributed by atoms with Crippen molar-refractivity contribution in [2.75, 3.05) is 13.2 Å². The number of pyridine rings is 1. The Bertz CT molecular complexity index is 1300. The maximum atomic E-state index is 12.2. The fraction of sp³-hybridized carbons (Fsp3) is 0.639. The summed E-state index contributed by atoms with van der Waals surface area (Å²) < 4.78 is 19.1. The Balaban J connectivity index is 1.97. The second-order valence-electron chi connectivity index (χ2n) is 16.0. The summed E-state index contributed by atoms with van der Waals surface area (Å²) in [6, 6.07) is 7.91. The summed E-state index contributed by atoms with van der Waals surface area (Å²) in [6.07, 6.45) is 3.94. The van der Waals surface area contributed by atoms with Crippen molar-refractivity contribution < 1.29 is 19.0 Å². The van der Waals surface area contributed by atoms with Crippen molar-refractivity contribution in [2.24, 2.45) is 5.41 Å². The molecule has 232 valence electrons. The molecule has 1 aliphatic carbocycles. The molecule has 4 rings (SSSR count). The molecule has 1 N–H and O–H groups in total. The molecule has 42 heavy (non-hydrogen) atoms. The van der Waals surface area contributed by atoms with Gasteiger partial charge in [0.25, 0.3) is 0 Å². The van der Waals surface area contributed by atoms with Crippen LogP contribution in [0.5, 0.6) is 5.75 Å². The van der Waals surface area contributed by atoms with Crippen molar-refractivity contribution in [2.45, 2.75) is 130 Å². The fourth-order valence-corrected chi connectivity index (χ4v) is 7.25. The topological polar surface area (TPSA) is 60.8 Å². The Labute approximate surface area is 256 Å². The first-order chi connectivity index (χ1) is 19.3. The van der Waals surface area contributed by atoms with Gasteiger partial charge in [-0.25, -0.2) is 0 Å². The SMILES string of the molecule is CC(C)c1nc2c(c(C3=CCOCC3)c1C(O)c1ccc(OC(C)(C)C)cc1)[C@@H](O[Si](C)(C)C(C)(C)C)CC(C)(C)C2. The molecular formula is C36H55NO4Si. The van der Waals surface area contributed by atoms with E-state index < -0.39 is 14.4 Å². The lowest BCUT2D eigenvalue weighted by atomic mass is 9.71. The summed E-state index contributed by atoms with van der Waals surface area (Å²) in [4.78, 5) is 5.41. The third kappa shape index (κ3) is 7.20. The Morgan fingerprint density at radius 3 is 2.21 bits per heavy atom. The molecule has 1 aliphatic heterocycles. The smallest absolute Gasteiger partial charge is 0.192 e. The highest BCUT2D eigenvalue weighted by atomic mass is 28.4. The first-order valence-electron chi connectivity index (χ1n) is 15.8. The molecule has 0 radical (unpaired) electrons. The zero-order chi connectivity index (χ0) is 31.3. The van der Waals surface area contributed by atoms with Gasteiger partial charge >= 0.3 is 0 Å². The van der Waals surface area contributed by atoms with E-state index >= 15 is 0 Å². The average Bonchev–Trinajstić information content (AvgIpc) is 2.85. The van der Waals surface area contributed by atoms with E-state index in [9.17, 15) is 5.11 Å². The van der Waals surface area contributed by atoms with Crippen LogP contribution in [-0.4, -0.2) is 37.2 Å². The number of hydrogen-bond donors (Lipinski definition) is 1. The maximum absolute atomic E-state index is 12.2. The minimum absolute atomic E-state index is 0.0611. The van der Waals surface area contributed by atoms with E-state index in [-0.39, 0.29) is 28.1 Å². The lowest BCUT2D eigenvalue weighted by molar-refractivity contribution is 0.105. The lowest BCUT2D eigenvalue weighted by Gasteiger charge is -2.45. The van der Waals surface area contributed by atoms with Crippen molar-refractivity contribution in [3.05, 3.63) is 64.0 Å². The van der Waals surface area contributed by atoms with Gasteiger partial charge in [-0.15, -0.1) is 0 Å². The summed E-state index contributed by atoms with van der Waals surface area (Å²) in [5.41, 5.74) is 7.22. The molecule has 2 aromatic rings. The van der Waals surface area contributed by atoms with Crippen LogP contribution in [0.4, 0.5) is 0 Å². The Kier molecular flexibility index (Phi) is 9.27. The third-order valence-corrected chi connectivity index (χ3v) is 13.5. The van der Waals surface area contributed by atoms with Crippen molar-refractivity contribution in [1.82, 2.24) is 4.98 Å². The van der Waals surface area contributed by atoms with E-state index in [1.54, 1.807) is 0 Å². The first-order valence-corrected chi connectivity index (χ1v) is 18.7. The molecule has 1 aromatic carbocycles. The van der Waals surface area contributed by atoms with Crippen LogP contribution in [0.15, 0.2) is 30.3 Å². The van der Waals surface area contributed by atoms with Crippen LogP contribution in [0.2, 0.25) is 18.1 Å². The lowest BCUT2D eigenvalue weighted by Crippen LogP contribution is -2.44. The number of ether oxygens (including phenoxy) is 2. The van der Waals surface area contributed by atoms with E-state index in [1.807, 2.05) is 45.0 Å². The van der Waals surface area contributed by atoms with E-state index in [1.165, 1.54) is 11.1 Å². The Morgan fingerprint density at radius 2 is 1.69 bits per heavy atom. The fourth-order valence-electron chi connectivity index (χ4n) is 5.98. The molecular weight excluding hydrogens is 538 g/mol. The van der Waals surface area contributed by atoms with E-state index in [2.05, 4.69) is 67.6 Å². The van der Waals surface area contributed by atoms with Crippen LogP contribution >= 0.6 is 0 Å². The van der Waals surface area contributed by atoms with E-state index in [0.29, 0.717) is 13.2 Å². The molecule has 1 aromatic heterocycles. The van der Waals surface area contributed by atoms with Gasteiger partial charge in [-0.05, 0) is 98.3 Å². The van der Waals surface area contributed by atoms with Gasteiger partial charge in [-0.1, -0.05) is 66.7 Å². The van der Waals surface area contributed by atoms with Crippen LogP contribution in [0.1, 0.15) is 134 Å². The zero-order valence-corrected chi connectivity index (χ0v) is 29.3. The highest BCUT2D eigenvalue weighted by Gasteiger charge is 2.45. The number of fused-ring (bicyclic) bond motifs is 1. The van der Waals surface area contributed by atoms with Gasteiger partial charge in [0.05, 0.1) is 19.3 Å². The Hall–Kier alpha value is -1.99. The summed E-state index contributed by atoms with van der Waals surface area (Å²) >= 11 is 0. The number of aliphatic hydroxyl groups is 1. The second kappa shape index (κ2) is 11.8. The van der Waals surface area contributed by atoms with Crippen LogP contribution in [0, 0.1) is 5.41 Å². The monoisotopic (exact) mass is 593 g/mol. The summed E-state index contributed by atoms with van der Waals surface area (Å²) in [6.45, 7) is 28.0. The van der Waals surface area contributed by atoms with Crippen molar-refractivity contribution in [3.63, 3.8) is 0 Å². The van der Waals surface area contributed by atoms with Gasteiger partial charge < -0.3 is 19.0 Å².